The van der Waals surface area contributed by atoms with Gasteiger partial charge in [-0.05, 0) is 38.0 Å². The highest BCUT2D eigenvalue weighted by Crippen LogP contribution is 2.35. The predicted octanol–water partition coefficient (Wildman–Crippen LogP) is 3.31. The van der Waals surface area contributed by atoms with Crippen LogP contribution in [0.3, 0.4) is 0 Å². The molecule has 1 aromatic rings. The molecule has 0 aliphatic carbocycles. The van der Waals surface area contributed by atoms with E-state index in [0.29, 0.717) is 6.61 Å². The van der Waals surface area contributed by atoms with E-state index in [1.165, 1.54) is 6.42 Å². The second-order valence-electron chi connectivity index (χ2n) is 4.73. The minimum atomic E-state index is -0.102. The van der Waals surface area contributed by atoms with E-state index in [1.54, 1.807) is 0 Å². The number of rotatable bonds is 2. The van der Waals surface area contributed by atoms with Crippen LogP contribution in [0.4, 0.5) is 0 Å². The molecule has 1 fully saturated rings. The Bertz CT molecular complexity index is 459. The molecule has 0 radical (unpaired) electrons. The maximum absolute atomic E-state index is 5.93. The van der Waals surface area contributed by atoms with Crippen LogP contribution in [-0.4, -0.2) is 19.5 Å². The van der Waals surface area contributed by atoms with Gasteiger partial charge in [0.15, 0.2) is 6.29 Å². The van der Waals surface area contributed by atoms with E-state index in [0.717, 1.165) is 42.1 Å². The molecule has 96 valence electrons. The van der Waals surface area contributed by atoms with Crippen LogP contribution >= 0.6 is 0 Å². The molecule has 0 amide bonds. The molecule has 2 heterocycles. The Kier molecular flexibility index (Phi) is 3.24. The second kappa shape index (κ2) is 5.02. The van der Waals surface area contributed by atoms with Crippen molar-refractivity contribution >= 4 is 6.08 Å². The van der Waals surface area contributed by atoms with E-state index in [4.69, 9.17) is 14.2 Å². The van der Waals surface area contributed by atoms with E-state index in [9.17, 15) is 0 Å². The summed E-state index contributed by atoms with van der Waals surface area (Å²) in [6.45, 7) is 3.47. The summed E-state index contributed by atoms with van der Waals surface area (Å²) in [6.07, 6.45) is 7.29. The monoisotopic (exact) mass is 246 g/mol. The van der Waals surface area contributed by atoms with Crippen LogP contribution in [0.1, 0.15) is 30.4 Å². The molecule has 2 aliphatic heterocycles. The third-order valence-corrected chi connectivity index (χ3v) is 3.40. The number of ether oxygens (including phenoxy) is 3. The van der Waals surface area contributed by atoms with Gasteiger partial charge in [0.2, 0.25) is 0 Å². The quantitative estimate of drug-likeness (QED) is 0.801. The molecule has 3 rings (SSSR count). The highest BCUT2D eigenvalue weighted by atomic mass is 16.7. The lowest BCUT2D eigenvalue weighted by molar-refractivity contribution is -0.106. The van der Waals surface area contributed by atoms with Crippen LogP contribution < -0.4 is 9.47 Å². The Morgan fingerprint density at radius 3 is 3.06 bits per heavy atom. The Balaban J connectivity index is 1.82. The van der Waals surface area contributed by atoms with E-state index in [1.807, 2.05) is 25.1 Å². The molecule has 0 saturated carbocycles. The molecule has 1 unspecified atom stereocenters. The minimum Gasteiger partial charge on any atom is -0.488 e. The maximum Gasteiger partial charge on any atom is 0.199 e. The molecule has 1 aromatic carbocycles. The summed E-state index contributed by atoms with van der Waals surface area (Å²) in [4.78, 5) is 0. The average Bonchev–Trinajstić information content (AvgIpc) is 2.43. The topological polar surface area (TPSA) is 27.7 Å². The van der Waals surface area contributed by atoms with E-state index in [-0.39, 0.29) is 6.29 Å². The smallest absolute Gasteiger partial charge is 0.199 e. The Labute approximate surface area is 107 Å². The first kappa shape index (κ1) is 11.6. The molecule has 0 spiro atoms. The van der Waals surface area contributed by atoms with Crippen molar-refractivity contribution in [1.82, 2.24) is 0 Å². The van der Waals surface area contributed by atoms with Crippen LogP contribution in [0, 0.1) is 6.92 Å². The highest BCUT2D eigenvalue weighted by Gasteiger charge is 2.19. The molecule has 1 saturated heterocycles. The Morgan fingerprint density at radius 2 is 2.22 bits per heavy atom. The van der Waals surface area contributed by atoms with Crippen molar-refractivity contribution in [3.8, 4) is 11.5 Å². The summed E-state index contributed by atoms with van der Waals surface area (Å²) in [5.74, 6) is 1.81. The zero-order chi connectivity index (χ0) is 12.4. The predicted molar refractivity (Wildman–Crippen MR) is 69.9 cm³/mol. The first-order valence-electron chi connectivity index (χ1n) is 6.56. The van der Waals surface area contributed by atoms with Gasteiger partial charge in [-0.1, -0.05) is 6.08 Å². The largest absolute Gasteiger partial charge is 0.488 e. The number of benzene rings is 1. The zero-order valence-corrected chi connectivity index (χ0v) is 10.6. The second-order valence-corrected chi connectivity index (χ2v) is 4.73. The third-order valence-electron chi connectivity index (χ3n) is 3.40. The molecule has 0 N–H and O–H groups in total. The van der Waals surface area contributed by atoms with Crippen molar-refractivity contribution in [2.75, 3.05) is 13.2 Å². The summed E-state index contributed by atoms with van der Waals surface area (Å²) in [5, 5.41) is 0. The lowest BCUT2D eigenvalue weighted by Gasteiger charge is -2.25. The summed E-state index contributed by atoms with van der Waals surface area (Å²) in [5.41, 5.74) is 2.18. The summed E-state index contributed by atoms with van der Waals surface area (Å²) in [7, 11) is 0. The summed E-state index contributed by atoms with van der Waals surface area (Å²) >= 11 is 0. The fourth-order valence-electron chi connectivity index (χ4n) is 2.40. The Morgan fingerprint density at radius 1 is 1.28 bits per heavy atom. The molecular formula is C15H18O3. The fourth-order valence-corrected chi connectivity index (χ4v) is 2.40. The van der Waals surface area contributed by atoms with Crippen LogP contribution in [0.25, 0.3) is 6.08 Å². The Hall–Kier alpha value is -1.48. The van der Waals surface area contributed by atoms with Crippen LogP contribution in [0.15, 0.2) is 18.2 Å². The lowest BCUT2D eigenvalue weighted by Crippen LogP contribution is -2.25. The van der Waals surface area contributed by atoms with Gasteiger partial charge in [0.1, 0.15) is 18.1 Å². The molecular weight excluding hydrogens is 228 g/mol. The normalized spacial score (nSPS) is 22.2. The SMILES string of the molecule is Cc1c(OC2CCCCO2)ccc2c1OCC=C2. The van der Waals surface area contributed by atoms with Gasteiger partial charge in [-0.25, -0.2) is 0 Å². The van der Waals surface area contributed by atoms with E-state index >= 15 is 0 Å². The molecule has 2 aliphatic rings. The molecule has 1 atom stereocenters. The average molecular weight is 246 g/mol. The van der Waals surface area contributed by atoms with Gasteiger partial charge < -0.3 is 14.2 Å². The minimum absolute atomic E-state index is 0.102. The molecule has 0 aromatic heterocycles. The highest BCUT2D eigenvalue weighted by molar-refractivity contribution is 5.64. The number of hydrogen-bond acceptors (Lipinski definition) is 3. The van der Waals surface area contributed by atoms with Gasteiger partial charge in [-0.3, -0.25) is 0 Å². The molecule has 0 bridgehead atoms. The van der Waals surface area contributed by atoms with Crippen molar-refractivity contribution in [3.05, 3.63) is 29.3 Å². The van der Waals surface area contributed by atoms with Gasteiger partial charge >= 0.3 is 0 Å². The van der Waals surface area contributed by atoms with Crippen LogP contribution in [0.5, 0.6) is 11.5 Å². The van der Waals surface area contributed by atoms with Gasteiger partial charge in [-0.15, -0.1) is 0 Å². The standard InChI is InChI=1S/C15H18O3/c1-11-13(18-14-6-2-3-9-16-14)8-7-12-5-4-10-17-15(11)12/h4-5,7-8,14H,2-3,6,9-10H2,1H3. The first-order valence-corrected chi connectivity index (χ1v) is 6.56. The third kappa shape index (κ3) is 2.23. The van der Waals surface area contributed by atoms with Gasteiger partial charge in [0, 0.05) is 17.5 Å². The van der Waals surface area contributed by atoms with Crippen molar-refractivity contribution in [1.29, 1.82) is 0 Å². The van der Waals surface area contributed by atoms with Crippen molar-refractivity contribution < 1.29 is 14.2 Å². The zero-order valence-electron chi connectivity index (χ0n) is 10.6. The first-order chi connectivity index (χ1) is 8.84. The number of fused-ring (bicyclic) bond motifs is 1. The molecule has 3 nitrogen and oxygen atoms in total. The fraction of sp³-hybridized carbons (Fsp3) is 0.467. The van der Waals surface area contributed by atoms with Crippen LogP contribution in [-0.2, 0) is 4.74 Å². The summed E-state index contributed by atoms with van der Waals surface area (Å²) in [6, 6.07) is 4.04. The van der Waals surface area contributed by atoms with Gasteiger partial charge in [0.05, 0.1) is 6.61 Å². The van der Waals surface area contributed by atoms with Gasteiger partial charge in [0.25, 0.3) is 0 Å². The summed E-state index contributed by atoms with van der Waals surface area (Å²) < 4.78 is 17.2. The van der Waals surface area contributed by atoms with E-state index < -0.39 is 0 Å². The van der Waals surface area contributed by atoms with Crippen molar-refractivity contribution in [2.45, 2.75) is 32.5 Å². The van der Waals surface area contributed by atoms with E-state index in [2.05, 4.69) is 6.08 Å². The van der Waals surface area contributed by atoms with Crippen molar-refractivity contribution in [2.24, 2.45) is 0 Å². The maximum atomic E-state index is 5.93. The van der Waals surface area contributed by atoms with Gasteiger partial charge in [-0.2, -0.15) is 0 Å². The molecule has 3 heteroatoms. The number of hydrogen-bond donors (Lipinski definition) is 0. The molecule has 18 heavy (non-hydrogen) atoms. The van der Waals surface area contributed by atoms with Crippen LogP contribution in [0.2, 0.25) is 0 Å². The van der Waals surface area contributed by atoms with Crippen molar-refractivity contribution in [3.63, 3.8) is 0 Å². The lowest BCUT2D eigenvalue weighted by atomic mass is 10.1.